The Morgan fingerprint density at radius 1 is 1.24 bits per heavy atom. The minimum absolute atomic E-state index is 0.307. The topological polar surface area (TPSA) is 58.0 Å². The third kappa shape index (κ3) is 6.66. The van der Waals surface area contributed by atoms with Gasteiger partial charge in [0.15, 0.2) is 0 Å². The Balaban J connectivity index is 1.64. The molecule has 160 valence electrons. The second-order valence-electron chi connectivity index (χ2n) is 8.01. The van der Waals surface area contributed by atoms with Crippen LogP contribution in [0.1, 0.15) is 32.1 Å². The van der Waals surface area contributed by atoms with Gasteiger partial charge in [0, 0.05) is 48.8 Å². The molecule has 2 N–H and O–H groups in total. The molecule has 1 aliphatic rings. The number of anilines is 1. The summed E-state index contributed by atoms with van der Waals surface area (Å²) in [6.07, 6.45) is 9.05. The fourth-order valence-corrected chi connectivity index (χ4v) is 4.01. The first kappa shape index (κ1) is 22.0. The van der Waals surface area contributed by atoms with E-state index in [-0.39, 0.29) is 6.67 Å². The molecule has 0 aromatic carbocycles. The summed E-state index contributed by atoms with van der Waals surface area (Å²) in [5.74, 6) is 0. The molecule has 3 rings (SSSR count). The van der Waals surface area contributed by atoms with Gasteiger partial charge in [0.05, 0.1) is 5.69 Å². The second kappa shape index (κ2) is 10.9. The molecular formula is C21H32ClFN6. The number of rotatable bonds is 10. The van der Waals surface area contributed by atoms with E-state index in [1.165, 1.54) is 0 Å². The van der Waals surface area contributed by atoms with Gasteiger partial charge >= 0.3 is 0 Å². The number of nitrogens with one attached hydrogen (secondary N) is 2. The summed E-state index contributed by atoms with van der Waals surface area (Å²) < 4.78 is 14.3. The van der Waals surface area contributed by atoms with Crippen molar-refractivity contribution in [1.29, 1.82) is 0 Å². The van der Waals surface area contributed by atoms with Crippen LogP contribution in [0.25, 0.3) is 11.3 Å². The number of hydrogen-bond acceptors (Lipinski definition) is 5. The van der Waals surface area contributed by atoms with Gasteiger partial charge in [-0.05, 0) is 64.9 Å². The lowest BCUT2D eigenvalue weighted by Gasteiger charge is -2.30. The van der Waals surface area contributed by atoms with Gasteiger partial charge in [0.1, 0.15) is 11.8 Å². The molecule has 0 bridgehead atoms. The minimum Gasteiger partial charge on any atom is -0.382 e. The number of pyridine rings is 1. The molecule has 0 atom stereocenters. The van der Waals surface area contributed by atoms with Crippen molar-refractivity contribution in [1.82, 2.24) is 25.0 Å². The highest BCUT2D eigenvalue weighted by Gasteiger charge is 2.22. The van der Waals surface area contributed by atoms with Gasteiger partial charge in [-0.2, -0.15) is 5.10 Å². The number of aryl methyl sites for hydroxylation is 1. The van der Waals surface area contributed by atoms with Crippen molar-refractivity contribution in [2.75, 3.05) is 39.2 Å². The Kier molecular flexibility index (Phi) is 8.27. The average molecular weight is 423 g/mol. The first-order valence-corrected chi connectivity index (χ1v) is 10.8. The number of aromatic nitrogens is 3. The SMILES string of the molecule is CN(C)CCCn1ccc(-c2cnc(Cl)cc2NC2CCC(NCCF)CC2)n1. The Morgan fingerprint density at radius 2 is 2.00 bits per heavy atom. The smallest absolute Gasteiger partial charge is 0.131 e. The fraction of sp³-hybridized carbons (Fsp3) is 0.619. The first-order chi connectivity index (χ1) is 14.0. The summed E-state index contributed by atoms with van der Waals surface area (Å²) in [6, 6.07) is 4.71. The van der Waals surface area contributed by atoms with Crippen LogP contribution in [0.4, 0.5) is 10.1 Å². The summed E-state index contributed by atoms with van der Waals surface area (Å²) in [5, 5.41) is 12.1. The van der Waals surface area contributed by atoms with Crippen LogP contribution >= 0.6 is 11.6 Å². The Bertz CT molecular complexity index is 757. The van der Waals surface area contributed by atoms with Crippen LogP contribution in [0.5, 0.6) is 0 Å². The standard InChI is InChI=1S/C21H32ClFN6/c1-28(2)11-3-12-29-13-8-19(27-29)18-15-25-21(22)14-20(18)26-17-6-4-16(5-7-17)24-10-9-23/h8,13-17,24H,3-7,9-12H2,1-2H3,(H,25,26). The summed E-state index contributed by atoms with van der Waals surface area (Å²) >= 11 is 6.18. The van der Waals surface area contributed by atoms with Gasteiger partial charge < -0.3 is 15.5 Å². The van der Waals surface area contributed by atoms with Crippen molar-refractivity contribution in [3.63, 3.8) is 0 Å². The molecule has 2 aromatic rings. The molecule has 2 heterocycles. The molecule has 1 saturated carbocycles. The van der Waals surface area contributed by atoms with Crippen LogP contribution in [-0.2, 0) is 6.54 Å². The largest absolute Gasteiger partial charge is 0.382 e. The van der Waals surface area contributed by atoms with Crippen molar-refractivity contribution in [2.24, 2.45) is 0 Å². The third-order valence-corrected chi connectivity index (χ3v) is 5.60. The van der Waals surface area contributed by atoms with Crippen LogP contribution in [0, 0.1) is 0 Å². The van der Waals surface area contributed by atoms with Crippen LogP contribution in [-0.4, -0.2) is 65.6 Å². The molecule has 1 aliphatic carbocycles. The summed E-state index contributed by atoms with van der Waals surface area (Å²) in [5.41, 5.74) is 2.85. The second-order valence-corrected chi connectivity index (χ2v) is 8.40. The molecule has 29 heavy (non-hydrogen) atoms. The quantitative estimate of drug-likeness (QED) is 0.570. The van der Waals surface area contributed by atoms with Crippen LogP contribution in [0.2, 0.25) is 5.15 Å². The molecule has 8 heteroatoms. The molecule has 1 fully saturated rings. The fourth-order valence-electron chi connectivity index (χ4n) is 3.85. The van der Waals surface area contributed by atoms with E-state index < -0.39 is 0 Å². The zero-order chi connectivity index (χ0) is 20.6. The van der Waals surface area contributed by atoms with E-state index in [1.807, 2.05) is 23.0 Å². The molecule has 6 nitrogen and oxygen atoms in total. The van der Waals surface area contributed by atoms with Crippen LogP contribution < -0.4 is 10.6 Å². The molecule has 0 saturated heterocycles. The highest BCUT2D eigenvalue weighted by molar-refractivity contribution is 6.29. The predicted octanol–water partition coefficient (Wildman–Crippen LogP) is 3.83. The van der Waals surface area contributed by atoms with Crippen molar-refractivity contribution < 1.29 is 4.39 Å². The van der Waals surface area contributed by atoms with Crippen molar-refractivity contribution in [3.05, 3.63) is 29.7 Å². The number of halogens is 2. The number of nitrogens with zero attached hydrogens (tertiary/aromatic N) is 4. The lowest BCUT2D eigenvalue weighted by atomic mass is 9.91. The van der Waals surface area contributed by atoms with Crippen molar-refractivity contribution >= 4 is 17.3 Å². The van der Waals surface area contributed by atoms with E-state index in [9.17, 15) is 4.39 Å². The maximum absolute atomic E-state index is 12.4. The minimum atomic E-state index is -0.307. The van der Waals surface area contributed by atoms with Gasteiger partial charge in [0.2, 0.25) is 0 Å². The normalized spacial score (nSPS) is 19.6. The summed E-state index contributed by atoms with van der Waals surface area (Å²) in [6.45, 7) is 2.06. The molecule has 0 amide bonds. The Labute approximate surface area is 177 Å². The number of hydrogen-bond donors (Lipinski definition) is 2. The molecule has 0 unspecified atom stereocenters. The number of alkyl halides is 1. The average Bonchev–Trinajstić information content (AvgIpc) is 3.16. The van der Waals surface area contributed by atoms with E-state index in [0.717, 1.165) is 62.1 Å². The van der Waals surface area contributed by atoms with E-state index >= 15 is 0 Å². The van der Waals surface area contributed by atoms with Gasteiger partial charge in [-0.15, -0.1) is 0 Å². The van der Waals surface area contributed by atoms with Gasteiger partial charge in [-0.25, -0.2) is 9.37 Å². The van der Waals surface area contributed by atoms with E-state index in [4.69, 9.17) is 16.7 Å². The van der Waals surface area contributed by atoms with Gasteiger partial charge in [-0.3, -0.25) is 4.68 Å². The monoisotopic (exact) mass is 422 g/mol. The van der Waals surface area contributed by atoms with E-state index in [0.29, 0.717) is 23.8 Å². The molecule has 0 spiro atoms. The van der Waals surface area contributed by atoms with Gasteiger partial charge in [-0.1, -0.05) is 11.6 Å². The Hall–Kier alpha value is -1.70. The maximum Gasteiger partial charge on any atom is 0.131 e. The third-order valence-electron chi connectivity index (χ3n) is 5.39. The van der Waals surface area contributed by atoms with Crippen molar-refractivity contribution in [2.45, 2.75) is 50.7 Å². The lowest BCUT2D eigenvalue weighted by Crippen LogP contribution is -2.37. The highest BCUT2D eigenvalue weighted by Crippen LogP contribution is 2.31. The van der Waals surface area contributed by atoms with E-state index in [2.05, 4.69) is 34.6 Å². The zero-order valence-corrected chi connectivity index (χ0v) is 18.1. The van der Waals surface area contributed by atoms with Crippen molar-refractivity contribution in [3.8, 4) is 11.3 Å². The molecule has 2 aromatic heterocycles. The highest BCUT2D eigenvalue weighted by atomic mass is 35.5. The predicted molar refractivity (Wildman–Crippen MR) is 117 cm³/mol. The summed E-state index contributed by atoms with van der Waals surface area (Å²) in [7, 11) is 4.16. The molecular weight excluding hydrogens is 391 g/mol. The summed E-state index contributed by atoms with van der Waals surface area (Å²) in [4.78, 5) is 6.45. The van der Waals surface area contributed by atoms with Gasteiger partial charge in [0.25, 0.3) is 0 Å². The first-order valence-electron chi connectivity index (χ1n) is 10.4. The Morgan fingerprint density at radius 3 is 2.72 bits per heavy atom. The molecule has 0 aliphatic heterocycles. The molecule has 0 radical (unpaired) electrons. The van der Waals surface area contributed by atoms with E-state index in [1.54, 1.807) is 6.20 Å². The maximum atomic E-state index is 12.4. The van der Waals surface area contributed by atoms with Crippen LogP contribution in [0.15, 0.2) is 24.5 Å². The lowest BCUT2D eigenvalue weighted by molar-refractivity contribution is 0.339. The zero-order valence-electron chi connectivity index (χ0n) is 17.4. The van der Waals surface area contributed by atoms with Crippen LogP contribution in [0.3, 0.4) is 0 Å².